The highest BCUT2D eigenvalue weighted by Gasteiger charge is 2.36. The van der Waals surface area contributed by atoms with Gasteiger partial charge in [-0.3, -0.25) is 4.90 Å². The molecule has 0 spiro atoms. The minimum atomic E-state index is -0.487. The molecule has 1 saturated heterocycles. The Morgan fingerprint density at radius 3 is 2.53 bits per heavy atom. The third kappa shape index (κ3) is 3.00. The quantitative estimate of drug-likeness (QED) is 0.759. The largest absolute Gasteiger partial charge is 0.390 e. The molecule has 1 aliphatic carbocycles. The fourth-order valence-electron chi connectivity index (χ4n) is 3.24. The van der Waals surface area contributed by atoms with Gasteiger partial charge in [0.1, 0.15) is 0 Å². The average molecular weight is 236 g/mol. The molecule has 2 rings (SSSR count). The van der Waals surface area contributed by atoms with Crippen molar-refractivity contribution in [2.24, 2.45) is 11.8 Å². The lowest BCUT2D eigenvalue weighted by Gasteiger charge is -2.44. The third-order valence-electron chi connectivity index (χ3n) is 4.59. The van der Waals surface area contributed by atoms with Crippen molar-refractivity contribution in [3.8, 4) is 6.07 Å². The highest BCUT2D eigenvalue weighted by Crippen LogP contribution is 2.34. The molecule has 0 aromatic heterocycles. The van der Waals surface area contributed by atoms with Gasteiger partial charge < -0.3 is 5.11 Å². The molecule has 1 N–H and O–H groups in total. The molecular weight excluding hydrogens is 212 g/mol. The lowest BCUT2D eigenvalue weighted by Crippen LogP contribution is -2.50. The van der Waals surface area contributed by atoms with Gasteiger partial charge in [-0.15, -0.1) is 0 Å². The van der Waals surface area contributed by atoms with Gasteiger partial charge >= 0.3 is 0 Å². The molecule has 3 unspecified atom stereocenters. The zero-order valence-electron chi connectivity index (χ0n) is 11.0. The van der Waals surface area contributed by atoms with Gasteiger partial charge in [0.05, 0.1) is 17.6 Å². The van der Waals surface area contributed by atoms with Crippen LogP contribution in [0.15, 0.2) is 0 Å². The maximum Gasteiger partial charge on any atom is 0.0672 e. The smallest absolute Gasteiger partial charge is 0.0672 e. The molecule has 3 heteroatoms. The maximum atomic E-state index is 9.97. The summed E-state index contributed by atoms with van der Waals surface area (Å²) in [6.07, 6.45) is 5.09. The Bertz CT molecular complexity index is 298. The van der Waals surface area contributed by atoms with E-state index in [2.05, 4.69) is 17.9 Å². The molecule has 0 radical (unpaired) electrons. The first-order chi connectivity index (χ1) is 8.02. The predicted octanol–water partition coefficient (Wildman–Crippen LogP) is 2.16. The number of likely N-dealkylation sites (tertiary alicyclic amines) is 1. The van der Waals surface area contributed by atoms with Gasteiger partial charge in [0.25, 0.3) is 0 Å². The summed E-state index contributed by atoms with van der Waals surface area (Å²) in [5, 5.41) is 19.2. The molecule has 0 aromatic rings. The van der Waals surface area contributed by atoms with Gasteiger partial charge in [-0.05, 0) is 44.9 Å². The van der Waals surface area contributed by atoms with Crippen molar-refractivity contribution in [2.75, 3.05) is 13.1 Å². The molecule has 1 saturated carbocycles. The van der Waals surface area contributed by atoms with Crippen LogP contribution in [0.4, 0.5) is 0 Å². The first-order valence-electron chi connectivity index (χ1n) is 6.88. The van der Waals surface area contributed by atoms with Crippen LogP contribution in [0, 0.1) is 23.2 Å². The van der Waals surface area contributed by atoms with E-state index in [9.17, 15) is 10.4 Å². The van der Waals surface area contributed by atoms with E-state index in [0.717, 1.165) is 44.7 Å². The van der Waals surface area contributed by atoms with Crippen LogP contribution in [0.5, 0.6) is 0 Å². The van der Waals surface area contributed by atoms with E-state index in [1.165, 1.54) is 6.42 Å². The summed E-state index contributed by atoms with van der Waals surface area (Å²) in [5.74, 6) is 0.946. The Morgan fingerprint density at radius 2 is 1.94 bits per heavy atom. The number of hydrogen-bond acceptors (Lipinski definition) is 3. The average Bonchev–Trinajstić information content (AvgIpc) is 2.29. The van der Waals surface area contributed by atoms with Crippen LogP contribution in [0.2, 0.25) is 0 Å². The van der Waals surface area contributed by atoms with E-state index in [-0.39, 0.29) is 5.92 Å². The van der Waals surface area contributed by atoms with Gasteiger partial charge in [-0.1, -0.05) is 6.92 Å². The maximum absolute atomic E-state index is 9.97. The normalized spacial score (nSPS) is 38.6. The highest BCUT2D eigenvalue weighted by molar-refractivity contribution is 4.98. The van der Waals surface area contributed by atoms with E-state index in [4.69, 9.17) is 0 Å². The molecule has 3 atom stereocenters. The van der Waals surface area contributed by atoms with Crippen molar-refractivity contribution in [3.05, 3.63) is 0 Å². The van der Waals surface area contributed by atoms with Gasteiger partial charge in [0, 0.05) is 19.1 Å². The van der Waals surface area contributed by atoms with Gasteiger partial charge in [0.15, 0.2) is 0 Å². The number of rotatable bonds is 1. The topological polar surface area (TPSA) is 47.3 Å². The second-order valence-corrected chi connectivity index (χ2v) is 6.25. The van der Waals surface area contributed by atoms with Crippen LogP contribution in [-0.2, 0) is 0 Å². The minimum absolute atomic E-state index is 0.203. The van der Waals surface area contributed by atoms with Crippen molar-refractivity contribution >= 4 is 0 Å². The van der Waals surface area contributed by atoms with Crippen LogP contribution in [0.1, 0.15) is 46.0 Å². The Balaban J connectivity index is 1.98. The Morgan fingerprint density at radius 1 is 1.29 bits per heavy atom. The zero-order chi connectivity index (χ0) is 12.5. The van der Waals surface area contributed by atoms with Gasteiger partial charge in [-0.2, -0.15) is 5.26 Å². The van der Waals surface area contributed by atoms with E-state index in [1.54, 1.807) is 0 Å². The van der Waals surface area contributed by atoms with Crippen LogP contribution in [0.3, 0.4) is 0 Å². The molecule has 3 nitrogen and oxygen atoms in total. The number of nitrogens with zero attached hydrogens (tertiary/aromatic N) is 2. The van der Waals surface area contributed by atoms with Gasteiger partial charge in [0.2, 0.25) is 0 Å². The van der Waals surface area contributed by atoms with Crippen LogP contribution >= 0.6 is 0 Å². The molecule has 0 bridgehead atoms. The Labute approximate surface area is 104 Å². The lowest BCUT2D eigenvalue weighted by atomic mass is 9.78. The summed E-state index contributed by atoms with van der Waals surface area (Å²) in [6, 6.07) is 2.92. The van der Waals surface area contributed by atoms with E-state index in [1.807, 2.05) is 6.92 Å². The Hall–Kier alpha value is -0.590. The van der Waals surface area contributed by atoms with E-state index >= 15 is 0 Å². The fourth-order valence-corrected chi connectivity index (χ4v) is 3.24. The van der Waals surface area contributed by atoms with Crippen LogP contribution in [0.25, 0.3) is 0 Å². The fraction of sp³-hybridized carbons (Fsp3) is 0.929. The van der Waals surface area contributed by atoms with E-state index in [0.29, 0.717) is 6.04 Å². The molecule has 1 aliphatic heterocycles. The summed E-state index contributed by atoms with van der Waals surface area (Å²) in [7, 11) is 0. The lowest BCUT2D eigenvalue weighted by molar-refractivity contribution is -0.0287. The minimum Gasteiger partial charge on any atom is -0.390 e. The summed E-state index contributed by atoms with van der Waals surface area (Å²) < 4.78 is 0. The molecule has 2 aliphatic rings. The highest BCUT2D eigenvalue weighted by atomic mass is 16.3. The third-order valence-corrected chi connectivity index (χ3v) is 4.59. The molecule has 2 fully saturated rings. The van der Waals surface area contributed by atoms with Gasteiger partial charge in [-0.25, -0.2) is 0 Å². The van der Waals surface area contributed by atoms with Crippen LogP contribution in [-0.4, -0.2) is 34.7 Å². The number of hydrogen-bond donors (Lipinski definition) is 1. The van der Waals surface area contributed by atoms with Crippen molar-refractivity contribution in [2.45, 2.75) is 57.6 Å². The molecule has 1 heterocycles. The summed E-state index contributed by atoms with van der Waals surface area (Å²) in [4.78, 5) is 2.45. The zero-order valence-corrected chi connectivity index (χ0v) is 11.0. The summed E-state index contributed by atoms with van der Waals surface area (Å²) in [5.41, 5.74) is -0.487. The second-order valence-electron chi connectivity index (χ2n) is 6.25. The predicted molar refractivity (Wildman–Crippen MR) is 67.3 cm³/mol. The monoisotopic (exact) mass is 236 g/mol. The standard InChI is InChI=1S/C14H24N2O/c1-11-3-4-12(10-15)13(9-11)16-7-5-14(2,17)6-8-16/h11-13,17H,3-9H2,1-2H3. The number of aliphatic hydroxyl groups is 1. The molecular formula is C14H24N2O. The first kappa shape index (κ1) is 12.9. The van der Waals surface area contributed by atoms with Crippen LogP contribution < -0.4 is 0 Å². The Kier molecular flexibility index (Phi) is 3.75. The number of piperidine rings is 1. The molecule has 96 valence electrons. The number of nitriles is 1. The van der Waals surface area contributed by atoms with Crippen molar-refractivity contribution in [1.82, 2.24) is 4.90 Å². The molecule has 0 amide bonds. The summed E-state index contributed by atoms with van der Waals surface area (Å²) >= 11 is 0. The molecule has 0 aromatic carbocycles. The van der Waals surface area contributed by atoms with E-state index < -0.39 is 5.60 Å². The summed E-state index contributed by atoms with van der Waals surface area (Å²) in [6.45, 7) is 6.11. The first-order valence-corrected chi connectivity index (χ1v) is 6.88. The van der Waals surface area contributed by atoms with Crippen molar-refractivity contribution < 1.29 is 5.11 Å². The van der Waals surface area contributed by atoms with Crippen molar-refractivity contribution in [1.29, 1.82) is 5.26 Å². The molecule has 17 heavy (non-hydrogen) atoms. The second kappa shape index (κ2) is 4.96. The SMILES string of the molecule is CC1CCC(C#N)C(N2CCC(C)(O)CC2)C1. The van der Waals surface area contributed by atoms with Crippen molar-refractivity contribution in [3.63, 3.8) is 0 Å².